The van der Waals surface area contributed by atoms with Crippen LogP contribution < -0.4 is 20.1 Å². The topological polar surface area (TPSA) is 140 Å². The molecule has 1 atom stereocenters. The van der Waals surface area contributed by atoms with Gasteiger partial charge in [-0.15, -0.1) is 5.10 Å². The largest absolute Gasteiger partial charge is 0.477 e. The number of hydrogen-bond donors (Lipinski definition) is 3. The van der Waals surface area contributed by atoms with E-state index in [1.165, 1.54) is 22.9 Å². The average Bonchev–Trinajstić information content (AvgIpc) is 3.39. The number of carbonyl (C=O) groups is 1. The Labute approximate surface area is 271 Å². The van der Waals surface area contributed by atoms with Crippen LogP contribution in [0.4, 0.5) is 5.82 Å². The first-order chi connectivity index (χ1) is 21.1. The summed E-state index contributed by atoms with van der Waals surface area (Å²) < 4.78 is 35.4. The van der Waals surface area contributed by atoms with E-state index in [9.17, 15) is 13.2 Å². The Hall–Kier alpha value is -3.22. The van der Waals surface area contributed by atoms with Gasteiger partial charge < -0.3 is 15.4 Å². The molecule has 2 aliphatic rings. The van der Waals surface area contributed by atoms with Crippen molar-refractivity contribution in [1.82, 2.24) is 29.8 Å². The van der Waals surface area contributed by atoms with Crippen LogP contribution in [0, 0.1) is 22.7 Å². The lowest BCUT2D eigenvalue weighted by atomic mass is 9.94. The molecule has 1 saturated heterocycles. The van der Waals surface area contributed by atoms with Gasteiger partial charge in [0.15, 0.2) is 10.8 Å². The van der Waals surface area contributed by atoms with Gasteiger partial charge in [-0.05, 0) is 93.0 Å². The van der Waals surface area contributed by atoms with Gasteiger partial charge in [-0.2, -0.15) is 8.42 Å². The van der Waals surface area contributed by atoms with E-state index in [1.807, 2.05) is 0 Å². The minimum Gasteiger partial charge on any atom is -0.477 e. The summed E-state index contributed by atoms with van der Waals surface area (Å²) in [6.07, 6.45) is 5.76. The number of rotatable bonds is 13. The first-order valence-electron chi connectivity index (χ1n) is 15.5. The molecular weight excluding hydrogens is 614 g/mol. The predicted molar refractivity (Wildman–Crippen MR) is 174 cm³/mol. The van der Waals surface area contributed by atoms with E-state index in [-0.39, 0.29) is 21.3 Å². The van der Waals surface area contributed by atoms with E-state index < -0.39 is 15.9 Å². The number of sulfonamides is 1. The quantitative estimate of drug-likeness (QED) is 0.161. The molecule has 2 fully saturated rings. The number of amides is 1. The zero-order chi connectivity index (χ0) is 32.6. The second-order valence-corrected chi connectivity index (χ2v) is 15.9. The van der Waals surface area contributed by atoms with Gasteiger partial charge in [-0.3, -0.25) is 4.79 Å². The van der Waals surface area contributed by atoms with Crippen molar-refractivity contribution in [3.05, 3.63) is 53.3 Å². The van der Waals surface area contributed by atoms with Crippen LogP contribution in [0.5, 0.6) is 5.88 Å². The number of nitrogens with zero attached hydrogens (tertiary/aromatic N) is 4. The summed E-state index contributed by atoms with van der Waals surface area (Å²) in [6, 6.07) is 9.28. The number of carbonyl (C=O) groups excluding carboxylic acids is 1. The van der Waals surface area contributed by atoms with Crippen LogP contribution in [0.2, 0.25) is 5.15 Å². The average molecular weight is 658 g/mol. The molecule has 244 valence electrons. The molecule has 1 amide bonds. The van der Waals surface area contributed by atoms with Crippen molar-refractivity contribution in [2.24, 2.45) is 22.7 Å². The summed E-state index contributed by atoms with van der Waals surface area (Å²) in [5, 5.41) is 10.7. The highest BCUT2D eigenvalue weighted by Gasteiger charge is 2.63. The SMILES string of the molecule is CC1(C)C[C@H](CCCNc2cccc(S(=O)(=O)NC(=O)c3ccc(-n4ccc(OCCC5C(C)(C)C5(C)C)n4)nc3Cl)n2)CN1. The van der Waals surface area contributed by atoms with Crippen LogP contribution in [0.25, 0.3) is 5.82 Å². The maximum absolute atomic E-state index is 13.0. The molecule has 1 aliphatic heterocycles. The maximum Gasteiger partial charge on any atom is 0.281 e. The Balaban J connectivity index is 1.14. The molecule has 45 heavy (non-hydrogen) atoms. The number of hydrogen-bond acceptors (Lipinski definition) is 9. The van der Waals surface area contributed by atoms with Crippen molar-refractivity contribution < 1.29 is 17.9 Å². The molecule has 0 unspecified atom stereocenters. The fourth-order valence-corrected chi connectivity index (χ4v) is 7.73. The summed E-state index contributed by atoms with van der Waals surface area (Å²) in [7, 11) is -4.27. The number of ether oxygens (including phenoxy) is 1. The minimum atomic E-state index is -4.27. The van der Waals surface area contributed by atoms with Gasteiger partial charge in [0.05, 0.1) is 12.2 Å². The van der Waals surface area contributed by atoms with Gasteiger partial charge in [0.1, 0.15) is 11.0 Å². The molecule has 5 rings (SSSR count). The summed E-state index contributed by atoms with van der Waals surface area (Å²) in [4.78, 5) is 21.4. The third kappa shape index (κ3) is 7.44. The highest BCUT2D eigenvalue weighted by atomic mass is 35.5. The molecule has 3 aromatic heterocycles. The van der Waals surface area contributed by atoms with Crippen molar-refractivity contribution in [3.8, 4) is 11.7 Å². The molecule has 4 heterocycles. The normalized spacial score (nSPS) is 20.1. The summed E-state index contributed by atoms with van der Waals surface area (Å²) in [5.41, 5.74) is 0.678. The molecule has 0 spiro atoms. The van der Waals surface area contributed by atoms with Gasteiger partial charge >= 0.3 is 0 Å². The smallest absolute Gasteiger partial charge is 0.281 e. The van der Waals surface area contributed by atoms with Crippen molar-refractivity contribution in [2.75, 3.05) is 25.0 Å². The Morgan fingerprint density at radius 3 is 2.49 bits per heavy atom. The molecule has 3 aromatic rings. The van der Waals surface area contributed by atoms with E-state index >= 15 is 0 Å². The fourth-order valence-electron chi connectivity index (χ4n) is 6.56. The molecule has 13 heteroatoms. The molecule has 3 N–H and O–H groups in total. The molecular formula is C32H44ClN7O4S. The monoisotopic (exact) mass is 657 g/mol. The van der Waals surface area contributed by atoms with E-state index in [4.69, 9.17) is 16.3 Å². The number of anilines is 1. The Kier molecular flexibility index (Phi) is 9.23. The van der Waals surface area contributed by atoms with E-state index in [2.05, 4.69) is 72.0 Å². The van der Waals surface area contributed by atoms with Gasteiger partial charge in [-0.25, -0.2) is 19.4 Å². The van der Waals surface area contributed by atoms with E-state index in [0.717, 1.165) is 32.2 Å². The highest BCUT2D eigenvalue weighted by molar-refractivity contribution is 7.90. The van der Waals surface area contributed by atoms with Crippen LogP contribution in [0.3, 0.4) is 0 Å². The number of nitrogens with one attached hydrogen (secondary N) is 3. The Morgan fingerprint density at radius 2 is 1.82 bits per heavy atom. The molecule has 0 radical (unpaired) electrons. The van der Waals surface area contributed by atoms with Crippen LogP contribution in [0.15, 0.2) is 47.6 Å². The maximum atomic E-state index is 13.0. The van der Waals surface area contributed by atoms with Crippen LogP contribution in [0.1, 0.15) is 77.6 Å². The second-order valence-electron chi connectivity index (χ2n) is 13.9. The number of halogens is 1. The summed E-state index contributed by atoms with van der Waals surface area (Å²) in [6.45, 7) is 15.8. The third-order valence-corrected chi connectivity index (χ3v) is 11.4. The van der Waals surface area contributed by atoms with E-state index in [1.54, 1.807) is 24.4 Å². The zero-order valence-electron chi connectivity index (χ0n) is 26.9. The Morgan fingerprint density at radius 1 is 1.07 bits per heavy atom. The molecule has 11 nitrogen and oxygen atoms in total. The fraction of sp³-hybridized carbons (Fsp3) is 0.562. The molecule has 1 saturated carbocycles. The second kappa shape index (κ2) is 12.5. The lowest BCUT2D eigenvalue weighted by Gasteiger charge is -2.17. The van der Waals surface area contributed by atoms with E-state index in [0.29, 0.717) is 53.3 Å². The summed E-state index contributed by atoms with van der Waals surface area (Å²) >= 11 is 6.32. The lowest BCUT2D eigenvalue weighted by molar-refractivity contribution is 0.0981. The van der Waals surface area contributed by atoms with Crippen molar-refractivity contribution in [1.29, 1.82) is 0 Å². The first kappa shape index (κ1) is 33.2. The number of aromatic nitrogens is 4. The van der Waals surface area contributed by atoms with Crippen LogP contribution in [-0.4, -0.2) is 59.3 Å². The first-order valence-corrected chi connectivity index (χ1v) is 17.3. The lowest BCUT2D eigenvalue weighted by Crippen LogP contribution is -2.31. The zero-order valence-corrected chi connectivity index (χ0v) is 28.4. The predicted octanol–water partition coefficient (Wildman–Crippen LogP) is 5.47. The molecule has 1 aliphatic carbocycles. The third-order valence-electron chi connectivity index (χ3n) is 9.84. The van der Waals surface area contributed by atoms with Crippen molar-refractivity contribution in [2.45, 2.75) is 77.8 Å². The van der Waals surface area contributed by atoms with Crippen LogP contribution in [-0.2, 0) is 10.0 Å². The highest BCUT2D eigenvalue weighted by Crippen LogP contribution is 2.69. The molecule has 0 bridgehead atoms. The van der Waals surface area contributed by atoms with Crippen molar-refractivity contribution >= 4 is 33.3 Å². The van der Waals surface area contributed by atoms with Gasteiger partial charge in [0.2, 0.25) is 5.88 Å². The standard InChI is InChI=1S/C32H44ClN7O4S/c1-30(2)19-21(20-35-30)9-8-16-34-24-10-7-11-27(36-24)45(42,43)39-29(41)22-12-13-25(37-28(22)33)40-17-14-26(38-40)44-18-15-23-31(3,4)32(23,5)6/h7,10-14,17,21,23,35H,8-9,15-16,18-20H2,1-6H3,(H,34,36)(H,39,41)/t21-/m0/s1. The van der Waals surface area contributed by atoms with Gasteiger partial charge in [0.25, 0.3) is 15.9 Å². The van der Waals surface area contributed by atoms with Crippen LogP contribution >= 0.6 is 11.6 Å². The number of pyridine rings is 2. The minimum absolute atomic E-state index is 0.0962. The summed E-state index contributed by atoms with van der Waals surface area (Å²) in [5.74, 6) is 1.53. The Bertz CT molecular complexity index is 1640. The van der Waals surface area contributed by atoms with Gasteiger partial charge in [-0.1, -0.05) is 45.4 Å². The van der Waals surface area contributed by atoms with Crippen molar-refractivity contribution in [3.63, 3.8) is 0 Å². The van der Waals surface area contributed by atoms with Gasteiger partial charge in [0, 0.05) is 24.3 Å². The molecule has 0 aromatic carbocycles.